The number of benzene rings is 2. The number of hydrogen-bond acceptors (Lipinski definition) is 1. The number of thiocarbonyl (C=S) groups is 1. The van der Waals surface area contributed by atoms with Crippen molar-refractivity contribution in [2.24, 2.45) is 0 Å². The molecule has 2 aromatic rings. The molecular formula is C16H17BrN2S. The standard InChI is InChI=1S/C16H17BrN2S/c1-12(13-6-3-2-4-7-13)11-18-16(20)19-15-9-5-8-14(17)10-15/h2-10,12H,11H2,1H3,(H2,18,19,20)/t12-/m0/s1. The van der Waals surface area contributed by atoms with Gasteiger partial charge in [-0.05, 0) is 41.9 Å². The van der Waals surface area contributed by atoms with Crippen molar-refractivity contribution in [2.75, 3.05) is 11.9 Å². The zero-order chi connectivity index (χ0) is 14.4. The SMILES string of the molecule is C[C@@H](CNC(=S)Nc1cccc(Br)c1)c1ccccc1. The third-order valence-electron chi connectivity index (χ3n) is 3.02. The molecule has 0 saturated carbocycles. The summed E-state index contributed by atoms with van der Waals surface area (Å²) in [5.74, 6) is 0.415. The van der Waals surface area contributed by atoms with Crippen LogP contribution in [-0.4, -0.2) is 11.7 Å². The van der Waals surface area contributed by atoms with Gasteiger partial charge in [0.1, 0.15) is 0 Å². The van der Waals surface area contributed by atoms with Crippen molar-refractivity contribution in [3.05, 3.63) is 64.6 Å². The van der Waals surface area contributed by atoms with Crippen LogP contribution in [0.2, 0.25) is 0 Å². The highest BCUT2D eigenvalue weighted by Crippen LogP contribution is 2.16. The second-order valence-corrected chi connectivity index (χ2v) is 5.98. The van der Waals surface area contributed by atoms with Crippen molar-refractivity contribution in [3.63, 3.8) is 0 Å². The van der Waals surface area contributed by atoms with Crippen LogP contribution in [0.15, 0.2) is 59.1 Å². The van der Waals surface area contributed by atoms with Crippen molar-refractivity contribution < 1.29 is 0 Å². The largest absolute Gasteiger partial charge is 0.362 e. The minimum atomic E-state index is 0.415. The summed E-state index contributed by atoms with van der Waals surface area (Å²) in [7, 11) is 0. The quantitative estimate of drug-likeness (QED) is 0.793. The highest BCUT2D eigenvalue weighted by atomic mass is 79.9. The number of hydrogen-bond donors (Lipinski definition) is 2. The molecule has 0 aliphatic heterocycles. The fraction of sp³-hybridized carbons (Fsp3) is 0.188. The summed E-state index contributed by atoms with van der Waals surface area (Å²) in [5, 5.41) is 7.08. The van der Waals surface area contributed by atoms with Crippen LogP contribution < -0.4 is 10.6 Å². The summed E-state index contributed by atoms with van der Waals surface area (Å²) in [6, 6.07) is 18.4. The predicted octanol–water partition coefficient (Wildman–Crippen LogP) is 4.54. The average molecular weight is 349 g/mol. The molecule has 2 nitrogen and oxygen atoms in total. The van der Waals surface area contributed by atoms with Crippen LogP contribution in [-0.2, 0) is 0 Å². The van der Waals surface area contributed by atoms with Gasteiger partial charge in [0, 0.05) is 16.7 Å². The molecule has 104 valence electrons. The number of halogens is 1. The van der Waals surface area contributed by atoms with Crippen LogP contribution in [0.4, 0.5) is 5.69 Å². The number of nitrogens with one attached hydrogen (secondary N) is 2. The third kappa shape index (κ3) is 4.62. The van der Waals surface area contributed by atoms with Gasteiger partial charge in [0.2, 0.25) is 0 Å². The lowest BCUT2D eigenvalue weighted by Crippen LogP contribution is -2.31. The minimum Gasteiger partial charge on any atom is -0.362 e. The fourth-order valence-electron chi connectivity index (χ4n) is 1.89. The average Bonchev–Trinajstić information content (AvgIpc) is 2.46. The Kier molecular flexibility index (Phi) is 5.56. The van der Waals surface area contributed by atoms with E-state index < -0.39 is 0 Å². The van der Waals surface area contributed by atoms with Crippen molar-refractivity contribution in [1.29, 1.82) is 0 Å². The molecule has 0 aliphatic rings. The van der Waals surface area contributed by atoms with Gasteiger partial charge in [0.15, 0.2) is 5.11 Å². The van der Waals surface area contributed by atoms with Crippen LogP contribution in [0.5, 0.6) is 0 Å². The highest BCUT2D eigenvalue weighted by Gasteiger charge is 2.05. The summed E-state index contributed by atoms with van der Waals surface area (Å²) in [6.07, 6.45) is 0. The van der Waals surface area contributed by atoms with E-state index in [-0.39, 0.29) is 0 Å². The van der Waals surface area contributed by atoms with Gasteiger partial charge < -0.3 is 10.6 Å². The lowest BCUT2D eigenvalue weighted by Gasteiger charge is -2.15. The van der Waals surface area contributed by atoms with Gasteiger partial charge in [-0.3, -0.25) is 0 Å². The van der Waals surface area contributed by atoms with E-state index in [1.54, 1.807) is 0 Å². The molecule has 0 unspecified atom stereocenters. The van der Waals surface area contributed by atoms with Crippen LogP contribution >= 0.6 is 28.1 Å². The van der Waals surface area contributed by atoms with Crippen molar-refractivity contribution in [2.45, 2.75) is 12.8 Å². The zero-order valence-electron chi connectivity index (χ0n) is 11.3. The Morgan fingerprint density at radius 1 is 1.15 bits per heavy atom. The Morgan fingerprint density at radius 2 is 1.90 bits per heavy atom. The first kappa shape index (κ1) is 15.0. The monoisotopic (exact) mass is 348 g/mol. The van der Waals surface area contributed by atoms with E-state index >= 15 is 0 Å². The van der Waals surface area contributed by atoms with Crippen molar-refractivity contribution >= 4 is 38.9 Å². The molecule has 0 radical (unpaired) electrons. The van der Waals surface area contributed by atoms with Crippen LogP contribution in [0, 0.1) is 0 Å². The van der Waals surface area contributed by atoms with E-state index in [9.17, 15) is 0 Å². The number of rotatable bonds is 4. The molecule has 0 spiro atoms. The van der Waals surface area contributed by atoms with Gasteiger partial charge in [-0.25, -0.2) is 0 Å². The smallest absolute Gasteiger partial charge is 0.170 e. The highest BCUT2D eigenvalue weighted by molar-refractivity contribution is 9.10. The maximum Gasteiger partial charge on any atom is 0.170 e. The molecule has 0 bridgehead atoms. The molecule has 2 N–H and O–H groups in total. The second-order valence-electron chi connectivity index (χ2n) is 4.66. The molecule has 0 heterocycles. The van der Waals surface area contributed by atoms with E-state index in [4.69, 9.17) is 12.2 Å². The van der Waals surface area contributed by atoms with Crippen molar-refractivity contribution in [1.82, 2.24) is 5.32 Å². The molecule has 1 atom stereocenters. The molecule has 2 aromatic carbocycles. The van der Waals surface area contributed by atoms with E-state index in [0.29, 0.717) is 11.0 Å². The Labute approximate surface area is 133 Å². The van der Waals surface area contributed by atoms with Gasteiger partial charge in [-0.2, -0.15) is 0 Å². The summed E-state index contributed by atoms with van der Waals surface area (Å²) in [4.78, 5) is 0. The zero-order valence-corrected chi connectivity index (χ0v) is 13.7. The van der Waals surface area contributed by atoms with Crippen molar-refractivity contribution in [3.8, 4) is 0 Å². The topological polar surface area (TPSA) is 24.1 Å². The molecule has 0 fully saturated rings. The van der Waals surface area contributed by atoms with Crippen LogP contribution in [0.25, 0.3) is 0 Å². The molecule has 0 aliphatic carbocycles. The number of anilines is 1. The Morgan fingerprint density at radius 3 is 2.60 bits per heavy atom. The second kappa shape index (κ2) is 7.41. The van der Waals surface area contributed by atoms with E-state index in [1.807, 2.05) is 30.3 Å². The molecule has 2 rings (SSSR count). The van der Waals surface area contributed by atoms with Gasteiger partial charge >= 0.3 is 0 Å². The van der Waals surface area contributed by atoms with Crippen LogP contribution in [0.3, 0.4) is 0 Å². The van der Waals surface area contributed by atoms with Gasteiger partial charge in [0.25, 0.3) is 0 Å². The first-order valence-corrected chi connectivity index (χ1v) is 7.70. The fourth-order valence-corrected chi connectivity index (χ4v) is 2.49. The summed E-state index contributed by atoms with van der Waals surface area (Å²) < 4.78 is 1.03. The van der Waals surface area contributed by atoms with Gasteiger partial charge in [-0.1, -0.05) is 59.3 Å². The molecule has 0 amide bonds. The molecule has 0 aromatic heterocycles. The maximum atomic E-state index is 5.31. The lowest BCUT2D eigenvalue weighted by atomic mass is 10.0. The van der Waals surface area contributed by atoms with Gasteiger partial charge in [-0.15, -0.1) is 0 Å². The maximum absolute atomic E-state index is 5.31. The lowest BCUT2D eigenvalue weighted by molar-refractivity contribution is 0.723. The molecular weight excluding hydrogens is 332 g/mol. The Hall–Kier alpha value is -1.39. The molecule has 0 saturated heterocycles. The van der Waals surface area contributed by atoms with E-state index in [0.717, 1.165) is 16.7 Å². The summed E-state index contributed by atoms with van der Waals surface area (Å²) in [5.41, 5.74) is 2.29. The van der Waals surface area contributed by atoms with Crippen LogP contribution in [0.1, 0.15) is 18.4 Å². The van der Waals surface area contributed by atoms with E-state index in [1.165, 1.54) is 5.56 Å². The summed E-state index contributed by atoms with van der Waals surface area (Å²) >= 11 is 8.75. The Balaban J connectivity index is 1.83. The minimum absolute atomic E-state index is 0.415. The molecule has 20 heavy (non-hydrogen) atoms. The van der Waals surface area contributed by atoms with Gasteiger partial charge in [0.05, 0.1) is 0 Å². The first-order valence-electron chi connectivity index (χ1n) is 6.50. The molecule has 4 heteroatoms. The first-order chi connectivity index (χ1) is 9.65. The normalized spacial score (nSPS) is 11.7. The Bertz CT molecular complexity index is 572. The third-order valence-corrected chi connectivity index (χ3v) is 3.76. The predicted molar refractivity (Wildman–Crippen MR) is 93.2 cm³/mol. The van der Waals surface area contributed by atoms with E-state index in [2.05, 4.69) is 57.8 Å². The summed E-state index contributed by atoms with van der Waals surface area (Å²) in [6.45, 7) is 2.99.